The first-order valence-electron chi connectivity index (χ1n) is 8.11. The van der Waals surface area contributed by atoms with Gasteiger partial charge in [0.05, 0.1) is 32.6 Å². The molecule has 0 radical (unpaired) electrons. The highest BCUT2D eigenvalue weighted by Crippen LogP contribution is 2.28. The molecule has 0 spiro atoms. The summed E-state index contributed by atoms with van der Waals surface area (Å²) in [7, 11) is 0.719. The van der Waals surface area contributed by atoms with E-state index < -0.39 is 21.0 Å². The Morgan fingerprint density at radius 3 is 2.31 bits per heavy atom. The van der Waals surface area contributed by atoms with Crippen LogP contribution < -0.4 is 13.7 Å². The van der Waals surface area contributed by atoms with Gasteiger partial charge >= 0.3 is 16.1 Å². The zero-order valence-electron chi connectivity index (χ0n) is 16.5. The van der Waals surface area contributed by atoms with Crippen molar-refractivity contribution in [1.29, 1.82) is 0 Å². The molecule has 2 aromatic rings. The number of oxime groups is 1. The van der Waals surface area contributed by atoms with Crippen molar-refractivity contribution in [1.82, 2.24) is 4.98 Å². The number of ether oxygens (including phenoxy) is 3. The predicted octanol–water partition coefficient (Wildman–Crippen LogP) is 2.02. The third kappa shape index (κ3) is 4.93. The lowest BCUT2D eigenvalue weighted by Gasteiger charge is -2.14. The molecule has 1 heterocycles. The molecule has 0 aliphatic heterocycles. The van der Waals surface area contributed by atoms with Crippen LogP contribution in [0.25, 0.3) is 0 Å². The van der Waals surface area contributed by atoms with Crippen LogP contribution in [-0.4, -0.2) is 53.5 Å². The molecule has 0 N–H and O–H groups in total. The van der Waals surface area contributed by atoms with Gasteiger partial charge in [-0.3, -0.25) is 0 Å². The Kier molecular flexibility index (Phi) is 6.99. The summed E-state index contributed by atoms with van der Waals surface area (Å²) in [5.74, 6) is -0.832. The maximum Gasteiger partial charge on any atom is 0.341 e. The summed E-state index contributed by atoms with van der Waals surface area (Å²) in [4.78, 5) is 20.6. The van der Waals surface area contributed by atoms with Crippen LogP contribution in [0.5, 0.6) is 17.5 Å². The Morgan fingerprint density at radius 2 is 1.72 bits per heavy atom. The Labute approximate surface area is 168 Å². The van der Waals surface area contributed by atoms with Crippen LogP contribution in [0.15, 0.2) is 40.4 Å². The normalized spacial score (nSPS) is 11.6. The number of hydrogen-bond acceptors (Lipinski definition) is 10. The second-order valence-electron chi connectivity index (χ2n) is 5.45. The van der Waals surface area contributed by atoms with Crippen LogP contribution >= 0.6 is 0 Å². The summed E-state index contributed by atoms with van der Waals surface area (Å²) in [6.45, 7) is 1.55. The van der Waals surface area contributed by atoms with Crippen LogP contribution in [0, 0.1) is 0 Å². The summed E-state index contributed by atoms with van der Waals surface area (Å²) >= 11 is 0. The fourth-order valence-corrected chi connectivity index (χ4v) is 3.51. The standard InChI is InChI=1S/C18H20N2O8S/c1-11(20-27-5)13-7-6-8-14(17(13)18(21)26-4)29(22,23)28-16-10-12(24-2)9-15(19-16)25-3/h6-10H,1-5H3. The van der Waals surface area contributed by atoms with Crippen molar-refractivity contribution in [2.75, 3.05) is 28.4 Å². The maximum absolute atomic E-state index is 13.0. The lowest BCUT2D eigenvalue weighted by atomic mass is 10.0. The second kappa shape index (κ2) is 9.24. The molecule has 156 valence electrons. The third-order valence-corrected chi connectivity index (χ3v) is 4.96. The van der Waals surface area contributed by atoms with Gasteiger partial charge in [0.15, 0.2) is 0 Å². The summed E-state index contributed by atoms with van der Waals surface area (Å²) in [5.41, 5.74) is 0.230. The van der Waals surface area contributed by atoms with Crippen molar-refractivity contribution < 1.29 is 36.4 Å². The summed E-state index contributed by atoms with van der Waals surface area (Å²) in [5, 5.41) is 3.75. The van der Waals surface area contributed by atoms with Gasteiger partial charge in [-0.2, -0.15) is 13.4 Å². The van der Waals surface area contributed by atoms with E-state index in [2.05, 4.69) is 10.1 Å². The number of esters is 1. The molecule has 0 saturated carbocycles. The van der Waals surface area contributed by atoms with E-state index in [1.165, 1.54) is 51.7 Å². The monoisotopic (exact) mass is 424 g/mol. The number of rotatable bonds is 8. The van der Waals surface area contributed by atoms with Crippen LogP contribution in [0.2, 0.25) is 0 Å². The van der Waals surface area contributed by atoms with E-state index in [0.29, 0.717) is 0 Å². The van der Waals surface area contributed by atoms with Gasteiger partial charge in [0.1, 0.15) is 17.8 Å². The zero-order chi connectivity index (χ0) is 21.6. The lowest BCUT2D eigenvalue weighted by Crippen LogP contribution is -2.19. The number of hydrogen-bond donors (Lipinski definition) is 0. The van der Waals surface area contributed by atoms with Crippen LogP contribution in [0.1, 0.15) is 22.8 Å². The summed E-state index contributed by atoms with van der Waals surface area (Å²) < 4.78 is 45.9. The minimum Gasteiger partial charge on any atom is -0.496 e. The molecular formula is C18H20N2O8S. The van der Waals surface area contributed by atoms with Crippen LogP contribution in [0.3, 0.4) is 0 Å². The summed E-state index contributed by atoms with van der Waals surface area (Å²) in [6.07, 6.45) is 0. The number of pyridine rings is 1. The minimum absolute atomic E-state index is 0.0829. The molecule has 10 nitrogen and oxygen atoms in total. The van der Waals surface area contributed by atoms with E-state index in [4.69, 9.17) is 23.2 Å². The number of methoxy groups -OCH3 is 3. The Hall–Kier alpha value is -3.34. The zero-order valence-corrected chi connectivity index (χ0v) is 17.3. The quantitative estimate of drug-likeness (QED) is 0.271. The molecule has 0 saturated heterocycles. The molecular weight excluding hydrogens is 404 g/mol. The average Bonchev–Trinajstić information content (AvgIpc) is 2.71. The molecule has 1 aromatic carbocycles. The van der Waals surface area contributed by atoms with Gasteiger partial charge in [0.2, 0.25) is 11.8 Å². The fourth-order valence-electron chi connectivity index (χ4n) is 2.42. The molecule has 1 aromatic heterocycles. The topological polar surface area (TPSA) is 123 Å². The molecule has 11 heteroatoms. The molecule has 0 aliphatic rings. The van der Waals surface area contributed by atoms with Crippen molar-refractivity contribution in [2.45, 2.75) is 11.8 Å². The Morgan fingerprint density at radius 1 is 1.03 bits per heavy atom. The van der Waals surface area contributed by atoms with Gasteiger partial charge in [0, 0.05) is 17.7 Å². The minimum atomic E-state index is -4.49. The van der Waals surface area contributed by atoms with E-state index in [1.54, 1.807) is 6.92 Å². The third-order valence-electron chi connectivity index (χ3n) is 3.69. The maximum atomic E-state index is 13.0. The van der Waals surface area contributed by atoms with E-state index in [1.807, 2.05) is 0 Å². The van der Waals surface area contributed by atoms with E-state index >= 15 is 0 Å². The van der Waals surface area contributed by atoms with Gasteiger partial charge < -0.3 is 23.2 Å². The first-order valence-corrected chi connectivity index (χ1v) is 9.52. The average molecular weight is 424 g/mol. The highest BCUT2D eigenvalue weighted by Gasteiger charge is 2.29. The summed E-state index contributed by atoms with van der Waals surface area (Å²) in [6, 6.07) is 6.87. The number of carbonyl (C=O) groups excluding carboxylic acids is 1. The SMILES string of the molecule is CON=C(C)c1cccc(S(=O)(=O)Oc2cc(OC)cc(OC)n2)c1C(=O)OC. The fraction of sp³-hybridized carbons (Fsp3) is 0.278. The van der Waals surface area contributed by atoms with Crippen molar-refractivity contribution in [3.8, 4) is 17.5 Å². The highest BCUT2D eigenvalue weighted by atomic mass is 32.2. The van der Waals surface area contributed by atoms with Crippen molar-refractivity contribution in [3.63, 3.8) is 0 Å². The molecule has 0 aliphatic carbocycles. The van der Waals surface area contributed by atoms with Gasteiger partial charge in [-0.05, 0) is 13.0 Å². The Balaban J connectivity index is 2.62. The van der Waals surface area contributed by atoms with Crippen molar-refractivity contribution in [3.05, 3.63) is 41.5 Å². The van der Waals surface area contributed by atoms with Gasteiger partial charge in [-0.15, -0.1) is 0 Å². The van der Waals surface area contributed by atoms with E-state index in [0.717, 1.165) is 7.11 Å². The van der Waals surface area contributed by atoms with Gasteiger partial charge in [-0.1, -0.05) is 17.3 Å². The Bertz CT molecular complexity index is 1010. The van der Waals surface area contributed by atoms with E-state index in [9.17, 15) is 13.2 Å². The molecule has 0 amide bonds. The molecule has 0 unspecified atom stereocenters. The molecule has 0 bridgehead atoms. The predicted molar refractivity (Wildman–Crippen MR) is 102 cm³/mol. The van der Waals surface area contributed by atoms with Crippen molar-refractivity contribution >= 4 is 21.8 Å². The molecule has 29 heavy (non-hydrogen) atoms. The van der Waals surface area contributed by atoms with Gasteiger partial charge in [-0.25, -0.2) is 4.79 Å². The number of aromatic nitrogens is 1. The molecule has 0 fully saturated rings. The van der Waals surface area contributed by atoms with Crippen molar-refractivity contribution in [2.24, 2.45) is 5.16 Å². The largest absolute Gasteiger partial charge is 0.496 e. The number of carbonyl (C=O) groups is 1. The second-order valence-corrected chi connectivity index (χ2v) is 6.97. The first-order chi connectivity index (χ1) is 13.8. The lowest BCUT2D eigenvalue weighted by molar-refractivity contribution is 0.0595. The molecule has 2 rings (SSSR count). The smallest absolute Gasteiger partial charge is 0.341 e. The number of nitrogens with zero attached hydrogens (tertiary/aromatic N) is 2. The van der Waals surface area contributed by atoms with E-state index in [-0.39, 0.29) is 34.3 Å². The highest BCUT2D eigenvalue weighted by molar-refractivity contribution is 7.87. The molecule has 0 atom stereocenters. The first kappa shape index (κ1) is 22.0. The van der Waals surface area contributed by atoms with Gasteiger partial charge in [0.25, 0.3) is 0 Å². The van der Waals surface area contributed by atoms with Crippen LogP contribution in [0.4, 0.5) is 0 Å². The van der Waals surface area contributed by atoms with Crippen LogP contribution in [-0.2, 0) is 19.7 Å². The number of benzene rings is 1.